The van der Waals surface area contributed by atoms with Crippen LogP contribution in [0.1, 0.15) is 36.7 Å². The molecule has 1 aromatic carbocycles. The highest BCUT2D eigenvalue weighted by molar-refractivity contribution is 5.95. The van der Waals surface area contributed by atoms with Crippen LogP contribution in [-0.2, 0) is 4.74 Å². The Morgan fingerprint density at radius 3 is 2.45 bits per heavy atom. The van der Waals surface area contributed by atoms with Crippen molar-refractivity contribution in [2.24, 2.45) is 0 Å². The first-order chi connectivity index (χ1) is 10.2. The van der Waals surface area contributed by atoms with Gasteiger partial charge in [-0.15, -0.1) is 0 Å². The number of ether oxygens (including phenoxy) is 1. The van der Waals surface area contributed by atoms with Gasteiger partial charge in [-0.1, -0.05) is 6.07 Å². The van der Waals surface area contributed by atoms with Gasteiger partial charge in [-0.3, -0.25) is 4.79 Å². The lowest BCUT2D eigenvalue weighted by molar-refractivity contribution is 0.0530. The number of carbonyl (C=O) groups excluding carboxylic acids is 2. The van der Waals surface area contributed by atoms with Crippen LogP contribution in [-0.4, -0.2) is 37.7 Å². The van der Waals surface area contributed by atoms with E-state index in [1.807, 2.05) is 33.8 Å². The maximum absolute atomic E-state index is 11.6. The van der Waals surface area contributed by atoms with Crippen molar-refractivity contribution in [1.29, 1.82) is 0 Å². The Balaban J connectivity index is 2.48. The summed E-state index contributed by atoms with van der Waals surface area (Å²) in [5.41, 5.74) is 1.99. The van der Waals surface area contributed by atoms with Gasteiger partial charge >= 0.3 is 6.09 Å². The Morgan fingerprint density at radius 2 is 1.86 bits per heavy atom. The quantitative estimate of drug-likeness (QED) is 0.729. The van der Waals surface area contributed by atoms with E-state index in [1.54, 1.807) is 19.2 Å². The number of benzene rings is 1. The summed E-state index contributed by atoms with van der Waals surface area (Å²) in [6, 6.07) is 5.45. The number of amides is 2. The molecule has 0 aliphatic carbocycles. The molecule has 0 unspecified atom stereocenters. The number of nitrogens with one attached hydrogen (secondary N) is 3. The van der Waals surface area contributed by atoms with Crippen LogP contribution < -0.4 is 16.0 Å². The molecule has 6 nitrogen and oxygen atoms in total. The Labute approximate surface area is 131 Å². The Hall–Kier alpha value is -2.24. The fourth-order valence-corrected chi connectivity index (χ4v) is 1.77. The zero-order valence-corrected chi connectivity index (χ0v) is 13.9. The van der Waals surface area contributed by atoms with Crippen molar-refractivity contribution in [3.63, 3.8) is 0 Å². The molecule has 0 saturated heterocycles. The summed E-state index contributed by atoms with van der Waals surface area (Å²) in [6.07, 6.45) is -0.440. The zero-order valence-electron chi connectivity index (χ0n) is 13.9. The molecule has 6 heteroatoms. The van der Waals surface area contributed by atoms with Gasteiger partial charge in [0.15, 0.2) is 0 Å². The van der Waals surface area contributed by atoms with E-state index in [-0.39, 0.29) is 5.91 Å². The van der Waals surface area contributed by atoms with Crippen molar-refractivity contribution in [2.45, 2.75) is 33.3 Å². The largest absolute Gasteiger partial charge is 0.444 e. The van der Waals surface area contributed by atoms with Crippen molar-refractivity contribution in [3.05, 3.63) is 29.3 Å². The third-order valence-electron chi connectivity index (χ3n) is 2.84. The molecule has 0 atom stereocenters. The van der Waals surface area contributed by atoms with Crippen LogP contribution in [0.3, 0.4) is 0 Å². The average Bonchev–Trinajstić information content (AvgIpc) is 2.42. The van der Waals surface area contributed by atoms with E-state index in [0.29, 0.717) is 18.7 Å². The predicted octanol–water partition coefficient (Wildman–Crippen LogP) is 2.29. The van der Waals surface area contributed by atoms with E-state index in [0.717, 1.165) is 11.3 Å². The van der Waals surface area contributed by atoms with E-state index >= 15 is 0 Å². The third-order valence-corrected chi connectivity index (χ3v) is 2.84. The van der Waals surface area contributed by atoms with Crippen LogP contribution in [0.2, 0.25) is 0 Å². The molecule has 1 aromatic rings. The number of anilines is 1. The number of rotatable bonds is 5. The number of aryl methyl sites for hydroxylation is 1. The molecule has 0 saturated carbocycles. The molecular weight excluding hydrogens is 282 g/mol. The van der Waals surface area contributed by atoms with Gasteiger partial charge in [0.25, 0.3) is 5.91 Å². The molecule has 2 amide bonds. The lowest BCUT2D eigenvalue weighted by Gasteiger charge is -2.19. The number of hydrogen-bond acceptors (Lipinski definition) is 4. The van der Waals surface area contributed by atoms with Gasteiger partial charge in [-0.25, -0.2) is 4.79 Å². The van der Waals surface area contributed by atoms with E-state index < -0.39 is 11.7 Å². The van der Waals surface area contributed by atoms with Crippen LogP contribution in [0.25, 0.3) is 0 Å². The minimum absolute atomic E-state index is 0.130. The molecule has 0 aliphatic rings. The molecule has 1 rings (SSSR count). The standard InChI is InChI=1S/C16H25N3O3/c1-11-6-7-12(14(20)17-5)10-13(11)18-8-9-19-15(21)22-16(2,3)4/h6-7,10,18H,8-9H2,1-5H3,(H,17,20)(H,19,21). The molecular formula is C16H25N3O3. The summed E-state index contributed by atoms with van der Waals surface area (Å²) in [6.45, 7) is 8.38. The molecule has 3 N–H and O–H groups in total. The van der Waals surface area contributed by atoms with Crippen LogP contribution in [0.5, 0.6) is 0 Å². The molecule has 0 aromatic heterocycles. The van der Waals surface area contributed by atoms with Crippen molar-refractivity contribution in [3.8, 4) is 0 Å². The van der Waals surface area contributed by atoms with Gasteiger partial charge in [0.1, 0.15) is 5.60 Å². The van der Waals surface area contributed by atoms with Crippen LogP contribution >= 0.6 is 0 Å². The Kier molecular flexibility index (Phi) is 6.22. The maximum Gasteiger partial charge on any atom is 0.407 e. The number of hydrogen-bond donors (Lipinski definition) is 3. The Morgan fingerprint density at radius 1 is 1.18 bits per heavy atom. The molecule has 0 heterocycles. The second-order valence-corrected chi connectivity index (χ2v) is 5.96. The van der Waals surface area contributed by atoms with Crippen LogP contribution in [0.15, 0.2) is 18.2 Å². The van der Waals surface area contributed by atoms with E-state index in [9.17, 15) is 9.59 Å². The van der Waals surface area contributed by atoms with Gasteiger partial charge in [-0.05, 0) is 45.4 Å². The molecule has 0 radical (unpaired) electrons. The SMILES string of the molecule is CNC(=O)c1ccc(C)c(NCCNC(=O)OC(C)(C)C)c1. The van der Waals surface area contributed by atoms with Gasteiger partial charge in [-0.2, -0.15) is 0 Å². The zero-order chi connectivity index (χ0) is 16.8. The average molecular weight is 307 g/mol. The smallest absolute Gasteiger partial charge is 0.407 e. The highest BCUT2D eigenvalue weighted by Crippen LogP contribution is 2.16. The Bertz CT molecular complexity index is 536. The monoisotopic (exact) mass is 307 g/mol. The lowest BCUT2D eigenvalue weighted by Crippen LogP contribution is -2.35. The molecule has 0 bridgehead atoms. The van der Waals surface area contributed by atoms with Crippen molar-refractivity contribution in [1.82, 2.24) is 10.6 Å². The highest BCUT2D eigenvalue weighted by Gasteiger charge is 2.15. The second kappa shape index (κ2) is 7.68. The summed E-state index contributed by atoms with van der Waals surface area (Å²) in [4.78, 5) is 23.1. The van der Waals surface area contributed by atoms with Gasteiger partial charge in [0.05, 0.1) is 0 Å². The third kappa shape index (κ3) is 6.03. The minimum Gasteiger partial charge on any atom is -0.444 e. The molecule has 22 heavy (non-hydrogen) atoms. The van der Waals surface area contributed by atoms with E-state index in [1.165, 1.54) is 0 Å². The van der Waals surface area contributed by atoms with Gasteiger partial charge in [0.2, 0.25) is 0 Å². The summed E-state index contributed by atoms with van der Waals surface area (Å²) in [7, 11) is 1.60. The summed E-state index contributed by atoms with van der Waals surface area (Å²) in [5.74, 6) is -0.130. The first-order valence-corrected chi connectivity index (χ1v) is 7.26. The summed E-state index contributed by atoms with van der Waals surface area (Å²) < 4.78 is 5.15. The van der Waals surface area contributed by atoms with Crippen molar-refractivity contribution >= 4 is 17.7 Å². The van der Waals surface area contributed by atoms with Crippen LogP contribution in [0, 0.1) is 6.92 Å². The fraction of sp³-hybridized carbons (Fsp3) is 0.500. The lowest BCUT2D eigenvalue weighted by atomic mass is 10.1. The summed E-state index contributed by atoms with van der Waals surface area (Å²) >= 11 is 0. The number of alkyl carbamates (subject to hydrolysis) is 1. The topological polar surface area (TPSA) is 79.5 Å². The van der Waals surface area contributed by atoms with Crippen molar-refractivity contribution in [2.75, 3.05) is 25.5 Å². The first kappa shape index (κ1) is 17.8. The fourth-order valence-electron chi connectivity index (χ4n) is 1.77. The van der Waals surface area contributed by atoms with Crippen molar-refractivity contribution < 1.29 is 14.3 Å². The first-order valence-electron chi connectivity index (χ1n) is 7.26. The maximum atomic E-state index is 11.6. The van der Waals surface area contributed by atoms with Gasteiger partial charge < -0.3 is 20.7 Å². The number of carbonyl (C=O) groups is 2. The normalized spacial score (nSPS) is 10.8. The van der Waals surface area contributed by atoms with Gasteiger partial charge in [0, 0.05) is 31.4 Å². The molecule has 122 valence electrons. The highest BCUT2D eigenvalue weighted by atomic mass is 16.6. The van der Waals surface area contributed by atoms with E-state index in [4.69, 9.17) is 4.74 Å². The van der Waals surface area contributed by atoms with E-state index in [2.05, 4.69) is 16.0 Å². The molecule has 0 spiro atoms. The second-order valence-electron chi connectivity index (χ2n) is 5.96. The molecule has 0 aliphatic heterocycles. The summed E-state index contributed by atoms with van der Waals surface area (Å²) in [5, 5.41) is 8.47. The van der Waals surface area contributed by atoms with Crippen LogP contribution in [0.4, 0.5) is 10.5 Å². The predicted molar refractivity (Wildman–Crippen MR) is 87.3 cm³/mol. The molecule has 0 fully saturated rings. The minimum atomic E-state index is -0.504.